The first-order valence-corrected chi connectivity index (χ1v) is 10.8. The summed E-state index contributed by atoms with van der Waals surface area (Å²) in [5, 5.41) is 2.73. The molecule has 1 saturated heterocycles. The highest BCUT2D eigenvalue weighted by Crippen LogP contribution is 2.35. The molecule has 2 aliphatic heterocycles. The third-order valence-corrected chi connectivity index (χ3v) is 6.28. The molecule has 2 aliphatic rings. The summed E-state index contributed by atoms with van der Waals surface area (Å²) < 4.78 is 28.8. The minimum absolute atomic E-state index is 0.0646. The molecular formula is C25H22F2N4O2. The summed E-state index contributed by atoms with van der Waals surface area (Å²) in [5.74, 6) is -1.64. The Morgan fingerprint density at radius 2 is 1.85 bits per heavy atom. The fraction of sp³-hybridized carbons (Fsp3) is 0.280. The second-order valence-electron chi connectivity index (χ2n) is 8.99. The van der Waals surface area contributed by atoms with E-state index in [0.29, 0.717) is 28.9 Å². The number of carbonyl (C=O) groups is 2. The number of nitrogens with zero attached hydrogens (tertiary/aromatic N) is 3. The van der Waals surface area contributed by atoms with Gasteiger partial charge in [0.15, 0.2) is 0 Å². The fourth-order valence-corrected chi connectivity index (χ4v) is 4.64. The van der Waals surface area contributed by atoms with Crippen molar-refractivity contribution in [1.82, 2.24) is 15.3 Å². The van der Waals surface area contributed by atoms with Crippen LogP contribution in [-0.4, -0.2) is 27.3 Å². The van der Waals surface area contributed by atoms with Gasteiger partial charge in [0, 0.05) is 24.1 Å². The first-order valence-electron chi connectivity index (χ1n) is 10.8. The maximum absolute atomic E-state index is 14.4. The number of hydrogen-bond acceptors (Lipinski definition) is 4. The maximum atomic E-state index is 14.4. The Kier molecular flexibility index (Phi) is 4.96. The Morgan fingerprint density at radius 3 is 2.48 bits per heavy atom. The molecule has 5 rings (SSSR count). The molecule has 0 aliphatic carbocycles. The topological polar surface area (TPSA) is 75.2 Å². The first kappa shape index (κ1) is 21.2. The lowest BCUT2D eigenvalue weighted by atomic mass is 9.98. The van der Waals surface area contributed by atoms with Crippen molar-refractivity contribution in [3.05, 3.63) is 76.7 Å². The minimum Gasteiger partial charge on any atom is -0.346 e. The largest absolute Gasteiger partial charge is 0.346 e. The van der Waals surface area contributed by atoms with Crippen LogP contribution in [0.25, 0.3) is 11.3 Å². The second-order valence-corrected chi connectivity index (χ2v) is 8.99. The number of amides is 2. The molecule has 1 fully saturated rings. The van der Waals surface area contributed by atoms with Gasteiger partial charge in [0.2, 0.25) is 5.91 Å². The average molecular weight is 448 g/mol. The molecule has 0 radical (unpaired) electrons. The number of fused-ring (bicyclic) bond motifs is 1. The Hall–Kier alpha value is -3.68. The summed E-state index contributed by atoms with van der Waals surface area (Å²) in [6.45, 7) is 4.24. The summed E-state index contributed by atoms with van der Waals surface area (Å²) in [5.41, 5.74) is 2.48. The Morgan fingerprint density at radius 1 is 1.09 bits per heavy atom. The Balaban J connectivity index is 1.52. The zero-order valence-corrected chi connectivity index (χ0v) is 18.3. The summed E-state index contributed by atoms with van der Waals surface area (Å²) >= 11 is 0. The van der Waals surface area contributed by atoms with E-state index >= 15 is 0 Å². The lowest BCUT2D eigenvalue weighted by molar-refractivity contribution is -0.117. The standard InChI is InChI=1S/C25H22F2N4O2/c1-25(2)9-8-21(32)31(25)16-7-6-15(28-12-16)10-14-11-19(23-17(26)4-3-5-18(23)27)30-20-13-29-24(33)22(14)20/h3-7,11-12H,8-10,13H2,1-2H3,(H,29,33). The van der Waals surface area contributed by atoms with Crippen molar-refractivity contribution in [3.63, 3.8) is 0 Å². The van der Waals surface area contributed by atoms with E-state index in [-0.39, 0.29) is 41.6 Å². The van der Waals surface area contributed by atoms with Crippen LogP contribution in [0.5, 0.6) is 0 Å². The zero-order chi connectivity index (χ0) is 23.3. The molecule has 0 atom stereocenters. The summed E-state index contributed by atoms with van der Waals surface area (Å²) in [4.78, 5) is 35.4. The number of hydrogen-bond donors (Lipinski definition) is 1. The van der Waals surface area contributed by atoms with Gasteiger partial charge in [-0.15, -0.1) is 0 Å². The molecule has 8 heteroatoms. The Labute approximate surface area is 189 Å². The number of carbonyl (C=O) groups excluding carboxylic acids is 2. The summed E-state index contributed by atoms with van der Waals surface area (Å²) in [6.07, 6.45) is 3.21. The van der Waals surface area contributed by atoms with Crippen molar-refractivity contribution >= 4 is 17.5 Å². The number of rotatable bonds is 4. The summed E-state index contributed by atoms with van der Waals surface area (Å²) in [7, 11) is 0. The molecule has 168 valence electrons. The third kappa shape index (κ3) is 3.65. The van der Waals surface area contributed by atoms with E-state index in [4.69, 9.17) is 0 Å². The van der Waals surface area contributed by atoms with Crippen LogP contribution in [0.3, 0.4) is 0 Å². The van der Waals surface area contributed by atoms with E-state index in [1.54, 1.807) is 23.2 Å². The molecule has 0 unspecified atom stereocenters. The quantitative estimate of drug-likeness (QED) is 0.650. The number of nitrogens with one attached hydrogen (secondary N) is 1. The van der Waals surface area contributed by atoms with Crippen molar-refractivity contribution in [3.8, 4) is 11.3 Å². The van der Waals surface area contributed by atoms with E-state index < -0.39 is 11.6 Å². The molecule has 1 N–H and O–H groups in total. The van der Waals surface area contributed by atoms with Crippen LogP contribution in [0, 0.1) is 11.6 Å². The van der Waals surface area contributed by atoms with Gasteiger partial charge in [-0.05, 0) is 56.2 Å². The minimum atomic E-state index is -0.717. The van der Waals surface area contributed by atoms with Gasteiger partial charge in [-0.25, -0.2) is 13.8 Å². The van der Waals surface area contributed by atoms with Gasteiger partial charge in [0.1, 0.15) is 11.6 Å². The van der Waals surface area contributed by atoms with Crippen LogP contribution in [0.2, 0.25) is 0 Å². The molecule has 2 aromatic heterocycles. The van der Waals surface area contributed by atoms with E-state index in [9.17, 15) is 18.4 Å². The number of aromatic nitrogens is 2. The van der Waals surface area contributed by atoms with Crippen molar-refractivity contribution in [2.24, 2.45) is 0 Å². The maximum Gasteiger partial charge on any atom is 0.253 e. The van der Waals surface area contributed by atoms with Gasteiger partial charge in [0.25, 0.3) is 5.91 Å². The molecule has 6 nitrogen and oxygen atoms in total. The molecule has 33 heavy (non-hydrogen) atoms. The van der Waals surface area contributed by atoms with Crippen molar-refractivity contribution < 1.29 is 18.4 Å². The van der Waals surface area contributed by atoms with Crippen LogP contribution >= 0.6 is 0 Å². The van der Waals surface area contributed by atoms with E-state index in [1.807, 2.05) is 19.9 Å². The SMILES string of the molecule is CC1(C)CCC(=O)N1c1ccc(Cc2cc(-c3c(F)cccc3F)nc3c2C(=O)NC3)nc1. The molecule has 2 amide bonds. The second kappa shape index (κ2) is 7.72. The number of halogens is 2. The lowest BCUT2D eigenvalue weighted by Crippen LogP contribution is -2.40. The van der Waals surface area contributed by atoms with Crippen molar-refractivity contribution in [1.29, 1.82) is 0 Å². The third-order valence-electron chi connectivity index (χ3n) is 6.28. The number of pyridine rings is 2. The molecule has 0 spiro atoms. The van der Waals surface area contributed by atoms with E-state index in [0.717, 1.165) is 12.1 Å². The molecular weight excluding hydrogens is 426 g/mol. The highest BCUT2D eigenvalue weighted by Gasteiger charge is 2.38. The molecule has 4 heterocycles. The van der Waals surface area contributed by atoms with Crippen LogP contribution in [0.1, 0.15) is 54.0 Å². The summed E-state index contributed by atoms with van der Waals surface area (Å²) in [6, 6.07) is 8.85. The average Bonchev–Trinajstić information content (AvgIpc) is 3.27. The van der Waals surface area contributed by atoms with Crippen molar-refractivity contribution in [2.45, 2.75) is 45.2 Å². The van der Waals surface area contributed by atoms with Crippen LogP contribution < -0.4 is 10.2 Å². The van der Waals surface area contributed by atoms with Gasteiger partial charge in [-0.3, -0.25) is 14.6 Å². The molecule has 1 aromatic carbocycles. The fourth-order valence-electron chi connectivity index (χ4n) is 4.64. The lowest BCUT2D eigenvalue weighted by Gasteiger charge is -2.31. The van der Waals surface area contributed by atoms with Gasteiger partial charge >= 0.3 is 0 Å². The molecule has 0 saturated carbocycles. The number of benzene rings is 1. The van der Waals surface area contributed by atoms with Crippen LogP contribution in [0.15, 0.2) is 42.6 Å². The highest BCUT2D eigenvalue weighted by atomic mass is 19.1. The molecule has 3 aromatic rings. The van der Waals surface area contributed by atoms with Crippen LogP contribution in [-0.2, 0) is 17.8 Å². The van der Waals surface area contributed by atoms with Gasteiger partial charge in [-0.1, -0.05) is 6.07 Å². The highest BCUT2D eigenvalue weighted by molar-refractivity contribution is 6.00. The van der Waals surface area contributed by atoms with Gasteiger partial charge in [0.05, 0.1) is 40.9 Å². The van der Waals surface area contributed by atoms with Crippen LogP contribution in [0.4, 0.5) is 14.5 Å². The zero-order valence-electron chi connectivity index (χ0n) is 18.3. The predicted molar refractivity (Wildman–Crippen MR) is 119 cm³/mol. The van der Waals surface area contributed by atoms with E-state index in [1.165, 1.54) is 18.2 Å². The first-order chi connectivity index (χ1) is 15.7. The Bertz CT molecular complexity index is 1270. The van der Waals surface area contributed by atoms with Gasteiger partial charge in [-0.2, -0.15) is 0 Å². The normalized spacial score (nSPS) is 16.8. The predicted octanol–water partition coefficient (Wildman–Crippen LogP) is 4.16. The van der Waals surface area contributed by atoms with Gasteiger partial charge < -0.3 is 10.2 Å². The number of anilines is 1. The monoisotopic (exact) mass is 448 g/mol. The van der Waals surface area contributed by atoms with E-state index in [2.05, 4.69) is 15.3 Å². The smallest absolute Gasteiger partial charge is 0.253 e. The molecule has 0 bridgehead atoms. The van der Waals surface area contributed by atoms with Crippen molar-refractivity contribution in [2.75, 3.05) is 4.90 Å².